The molecule has 2 aromatic heterocycles. The van der Waals surface area contributed by atoms with Crippen LogP contribution in [0, 0.1) is 13.8 Å². The molecule has 1 N–H and O–H groups in total. The quantitative estimate of drug-likeness (QED) is 0.450. The molecule has 0 radical (unpaired) electrons. The third-order valence-electron chi connectivity index (χ3n) is 8.51. The zero-order chi connectivity index (χ0) is 27.7. The van der Waals surface area contributed by atoms with Gasteiger partial charge in [-0.2, -0.15) is 0 Å². The van der Waals surface area contributed by atoms with Gasteiger partial charge in [-0.25, -0.2) is 9.78 Å². The minimum absolute atomic E-state index is 0.0342. The van der Waals surface area contributed by atoms with Gasteiger partial charge in [0.25, 0.3) is 5.91 Å². The van der Waals surface area contributed by atoms with Crippen molar-refractivity contribution in [1.29, 1.82) is 0 Å². The van der Waals surface area contributed by atoms with Crippen LogP contribution in [0.4, 0.5) is 4.79 Å². The summed E-state index contributed by atoms with van der Waals surface area (Å²) in [4.78, 5) is 37.2. The zero-order valence-electron chi connectivity index (χ0n) is 23.6. The van der Waals surface area contributed by atoms with Gasteiger partial charge in [-0.15, -0.1) is 0 Å². The summed E-state index contributed by atoms with van der Waals surface area (Å²) in [5.74, 6) is -0.0342. The van der Waals surface area contributed by atoms with E-state index in [4.69, 9.17) is 0 Å². The number of amides is 3. The number of aryl methyl sites for hydroxylation is 2. The molecule has 1 aromatic carbocycles. The number of imidazole rings is 1. The summed E-state index contributed by atoms with van der Waals surface area (Å²) in [7, 11) is 0. The Morgan fingerprint density at radius 1 is 1.18 bits per heavy atom. The van der Waals surface area contributed by atoms with Crippen molar-refractivity contribution in [1.82, 2.24) is 29.4 Å². The number of benzene rings is 1. The van der Waals surface area contributed by atoms with Crippen molar-refractivity contribution in [2.75, 3.05) is 26.2 Å². The highest BCUT2D eigenvalue weighted by molar-refractivity contribution is 5.97. The summed E-state index contributed by atoms with van der Waals surface area (Å²) in [6.45, 7) is 15.3. The van der Waals surface area contributed by atoms with E-state index in [0.717, 1.165) is 60.5 Å². The number of nitrogens with zero attached hydrogens (tertiary/aromatic N) is 5. The molecule has 206 valence electrons. The Balaban J connectivity index is 1.16. The maximum atomic E-state index is 13.4. The fraction of sp³-hybridized carbons (Fsp3) is 0.452. The van der Waals surface area contributed by atoms with Gasteiger partial charge in [-0.05, 0) is 64.2 Å². The van der Waals surface area contributed by atoms with E-state index in [9.17, 15) is 9.59 Å². The molecule has 0 bridgehead atoms. The standard InChI is InChI=1S/C31H40N6O2/c1-21(2)36-20-27(25-9-7-6-8-10-25)37(31(36)39)26-12-16-34(17-13-26)23(4)11-14-33-30(38)29-22(3)19-28-32-15-18-35(28)24(29)5/h6-10,15,18-19,23,26-27H,1,11-14,16-17,20H2,2-5H3,(H,33,38)/t23?,27-/m0/s1. The number of pyridine rings is 1. The molecule has 0 saturated carbocycles. The lowest BCUT2D eigenvalue weighted by Gasteiger charge is -2.41. The summed E-state index contributed by atoms with van der Waals surface area (Å²) in [6, 6.07) is 13.0. The Hall–Kier alpha value is -3.65. The Morgan fingerprint density at radius 2 is 1.90 bits per heavy atom. The van der Waals surface area contributed by atoms with Crippen LogP contribution in [0.2, 0.25) is 0 Å². The van der Waals surface area contributed by atoms with E-state index in [1.54, 1.807) is 6.20 Å². The summed E-state index contributed by atoms with van der Waals surface area (Å²) >= 11 is 0. The largest absolute Gasteiger partial charge is 0.352 e. The maximum absolute atomic E-state index is 13.4. The second-order valence-electron chi connectivity index (χ2n) is 11.1. The normalized spacial score (nSPS) is 19.6. The van der Waals surface area contributed by atoms with E-state index in [1.807, 2.05) is 60.5 Å². The second-order valence-corrected chi connectivity index (χ2v) is 11.1. The molecular weight excluding hydrogens is 488 g/mol. The van der Waals surface area contributed by atoms with E-state index in [0.29, 0.717) is 19.1 Å². The third kappa shape index (κ3) is 5.30. The molecule has 8 heteroatoms. The first-order chi connectivity index (χ1) is 18.8. The smallest absolute Gasteiger partial charge is 0.325 e. The van der Waals surface area contributed by atoms with Crippen molar-refractivity contribution in [2.24, 2.45) is 0 Å². The minimum Gasteiger partial charge on any atom is -0.352 e. The van der Waals surface area contributed by atoms with Gasteiger partial charge in [0.15, 0.2) is 0 Å². The van der Waals surface area contributed by atoms with Crippen LogP contribution in [0.25, 0.3) is 5.65 Å². The van der Waals surface area contributed by atoms with E-state index in [1.165, 1.54) is 5.56 Å². The fourth-order valence-corrected chi connectivity index (χ4v) is 6.27. The second kappa shape index (κ2) is 11.2. The monoisotopic (exact) mass is 528 g/mol. The van der Waals surface area contributed by atoms with Gasteiger partial charge >= 0.3 is 6.03 Å². The highest BCUT2D eigenvalue weighted by Crippen LogP contribution is 2.36. The van der Waals surface area contributed by atoms with Crippen molar-refractivity contribution in [3.05, 3.63) is 83.5 Å². The molecule has 2 atom stereocenters. The predicted octanol–water partition coefficient (Wildman–Crippen LogP) is 4.94. The van der Waals surface area contributed by atoms with Gasteiger partial charge in [0, 0.05) is 55.5 Å². The Labute approximate surface area is 231 Å². The van der Waals surface area contributed by atoms with Gasteiger partial charge < -0.3 is 19.5 Å². The van der Waals surface area contributed by atoms with E-state index >= 15 is 0 Å². The molecule has 3 aromatic rings. The van der Waals surface area contributed by atoms with E-state index in [2.05, 4.69) is 45.7 Å². The van der Waals surface area contributed by atoms with Crippen LogP contribution >= 0.6 is 0 Å². The minimum atomic E-state index is -0.0342. The number of rotatable bonds is 8. The van der Waals surface area contributed by atoms with Crippen LogP contribution in [0.1, 0.15) is 66.3 Å². The molecule has 3 amide bonds. The fourth-order valence-electron chi connectivity index (χ4n) is 6.27. The van der Waals surface area contributed by atoms with Gasteiger partial charge in [0.05, 0.1) is 18.2 Å². The van der Waals surface area contributed by atoms with Crippen molar-refractivity contribution >= 4 is 17.6 Å². The lowest BCUT2D eigenvalue weighted by atomic mass is 9.98. The number of aromatic nitrogens is 2. The number of hydrogen-bond donors (Lipinski definition) is 1. The summed E-state index contributed by atoms with van der Waals surface area (Å²) in [5.41, 5.74) is 5.41. The first-order valence-electron chi connectivity index (χ1n) is 14.0. The molecule has 0 aliphatic carbocycles. The summed E-state index contributed by atoms with van der Waals surface area (Å²) in [6.07, 6.45) is 6.41. The van der Waals surface area contributed by atoms with Crippen LogP contribution < -0.4 is 5.32 Å². The number of likely N-dealkylation sites (tertiary alicyclic amines) is 1. The first kappa shape index (κ1) is 26.9. The van der Waals surface area contributed by atoms with Crippen LogP contribution in [-0.4, -0.2) is 74.3 Å². The molecule has 2 aliphatic rings. The lowest BCUT2D eigenvalue weighted by molar-refractivity contribution is 0.0889. The highest BCUT2D eigenvalue weighted by Gasteiger charge is 2.43. The molecule has 2 fully saturated rings. The Kier molecular flexibility index (Phi) is 7.75. The number of carbonyl (C=O) groups excluding carboxylic acids is 2. The van der Waals surface area contributed by atoms with Crippen molar-refractivity contribution in [3.8, 4) is 0 Å². The predicted molar refractivity (Wildman–Crippen MR) is 154 cm³/mol. The molecule has 2 saturated heterocycles. The third-order valence-corrected chi connectivity index (χ3v) is 8.51. The van der Waals surface area contributed by atoms with Gasteiger partial charge in [-0.3, -0.25) is 9.69 Å². The van der Waals surface area contributed by atoms with Crippen molar-refractivity contribution in [2.45, 2.75) is 65.1 Å². The van der Waals surface area contributed by atoms with Gasteiger partial charge in [0.2, 0.25) is 0 Å². The molecule has 8 nitrogen and oxygen atoms in total. The number of allylic oxidation sites excluding steroid dienone is 1. The number of urea groups is 1. The topological polar surface area (TPSA) is 73.2 Å². The van der Waals surface area contributed by atoms with Crippen LogP contribution in [0.5, 0.6) is 0 Å². The number of hydrogen-bond acceptors (Lipinski definition) is 4. The van der Waals surface area contributed by atoms with Crippen LogP contribution in [-0.2, 0) is 0 Å². The molecule has 4 heterocycles. The first-order valence-corrected chi connectivity index (χ1v) is 14.0. The van der Waals surface area contributed by atoms with Crippen LogP contribution in [0.15, 0.2) is 61.1 Å². The number of nitrogens with one attached hydrogen (secondary N) is 1. The zero-order valence-corrected chi connectivity index (χ0v) is 23.6. The average Bonchev–Trinajstić information content (AvgIpc) is 3.54. The van der Waals surface area contributed by atoms with E-state index < -0.39 is 0 Å². The average molecular weight is 529 g/mol. The van der Waals surface area contributed by atoms with Crippen LogP contribution in [0.3, 0.4) is 0 Å². The van der Waals surface area contributed by atoms with Gasteiger partial charge in [0.1, 0.15) is 5.65 Å². The molecule has 39 heavy (non-hydrogen) atoms. The molecular formula is C31H40N6O2. The SMILES string of the molecule is C=C(C)N1C[C@@H](c2ccccc2)N(C2CCN(C(C)CCNC(=O)c3c(C)cc4nccn4c3C)CC2)C1=O. The molecule has 5 rings (SSSR count). The highest BCUT2D eigenvalue weighted by atomic mass is 16.2. The van der Waals surface area contributed by atoms with Gasteiger partial charge in [-0.1, -0.05) is 36.9 Å². The Morgan fingerprint density at radius 3 is 2.59 bits per heavy atom. The molecule has 2 aliphatic heterocycles. The number of piperidine rings is 1. The summed E-state index contributed by atoms with van der Waals surface area (Å²) < 4.78 is 1.96. The maximum Gasteiger partial charge on any atom is 0.325 e. The number of carbonyl (C=O) groups is 2. The summed E-state index contributed by atoms with van der Waals surface area (Å²) in [5, 5.41) is 3.14. The van der Waals surface area contributed by atoms with E-state index in [-0.39, 0.29) is 24.0 Å². The number of fused-ring (bicyclic) bond motifs is 1. The Bertz CT molecular complexity index is 1360. The van der Waals surface area contributed by atoms with Crippen molar-refractivity contribution < 1.29 is 9.59 Å². The lowest BCUT2D eigenvalue weighted by Crippen LogP contribution is -2.49. The molecule has 1 unspecified atom stereocenters. The molecule has 0 spiro atoms. The van der Waals surface area contributed by atoms with Crippen molar-refractivity contribution in [3.63, 3.8) is 0 Å².